The zero-order valence-electron chi connectivity index (χ0n) is 21.3. The van der Waals surface area contributed by atoms with Crippen LogP contribution in [0.3, 0.4) is 0 Å². The van der Waals surface area contributed by atoms with Crippen LogP contribution in [0.5, 0.6) is 0 Å². The summed E-state index contributed by atoms with van der Waals surface area (Å²) in [5, 5.41) is 6.00. The number of morpholine rings is 1. The molecule has 1 aliphatic heterocycles. The van der Waals surface area contributed by atoms with Gasteiger partial charge in [0.25, 0.3) is 5.91 Å². The summed E-state index contributed by atoms with van der Waals surface area (Å²) in [5.74, 6) is -0.760. The Balaban J connectivity index is 1.25. The molecular weight excluding hydrogens is 540 g/mol. The van der Waals surface area contributed by atoms with Crippen molar-refractivity contribution < 1.29 is 28.0 Å². The third-order valence-electron chi connectivity index (χ3n) is 7.14. The molecule has 206 valence electrons. The van der Waals surface area contributed by atoms with Gasteiger partial charge in [0.05, 0.1) is 17.8 Å². The maximum absolute atomic E-state index is 13.5. The van der Waals surface area contributed by atoms with Gasteiger partial charge in [0.15, 0.2) is 5.58 Å². The van der Waals surface area contributed by atoms with Crippen molar-refractivity contribution in [2.24, 2.45) is 5.92 Å². The molecule has 0 atom stereocenters. The Bertz CT molecular complexity index is 1550. The lowest BCUT2D eigenvalue weighted by molar-refractivity contribution is -0.146. The number of amides is 3. The Morgan fingerprint density at radius 2 is 1.90 bits per heavy atom. The van der Waals surface area contributed by atoms with E-state index < -0.39 is 5.91 Å². The van der Waals surface area contributed by atoms with Gasteiger partial charge in [0.1, 0.15) is 35.6 Å². The standard InChI is InChI=1S/C27H25ClN6O6/c28-16-3-8-20(30-13-16)32-26(37)24-23(22-19(40-24)7-6-18(31-22)27-29-9-11-39-27)33-25(36)15-1-4-17(5-2-15)34-10-12-38-14-21(34)35/h3,6-9,11,13,15,17H,1-2,4-5,10,12,14H2,(H,33,36)(H,30,32,37)/t15-,17-. The molecule has 2 aliphatic rings. The van der Waals surface area contributed by atoms with Crippen molar-refractivity contribution in [2.75, 3.05) is 30.4 Å². The van der Waals surface area contributed by atoms with Crippen molar-refractivity contribution in [1.29, 1.82) is 0 Å². The Hall–Kier alpha value is -4.29. The molecule has 0 spiro atoms. The first-order valence-corrected chi connectivity index (χ1v) is 13.3. The van der Waals surface area contributed by atoms with Crippen LogP contribution in [0, 0.1) is 5.92 Å². The van der Waals surface area contributed by atoms with E-state index in [0.717, 1.165) is 0 Å². The number of aromatic nitrogens is 3. The minimum absolute atomic E-state index is 0.0113. The summed E-state index contributed by atoms with van der Waals surface area (Å²) in [6.45, 7) is 1.20. The number of furan rings is 1. The molecule has 2 N–H and O–H groups in total. The lowest BCUT2D eigenvalue weighted by Gasteiger charge is -2.38. The topological polar surface area (TPSA) is 153 Å². The molecule has 0 aromatic carbocycles. The second-order valence-corrected chi connectivity index (χ2v) is 10.1. The number of ether oxygens (including phenoxy) is 1. The SMILES string of the molecule is O=C(Nc1ccc(Cl)cn1)c1oc2ccc(-c3ncco3)nc2c1NC(=O)[C@H]1CC[C@H](N2CCOCC2=O)CC1. The quantitative estimate of drug-likeness (QED) is 0.352. The number of carbonyl (C=O) groups is 3. The van der Waals surface area contributed by atoms with Crippen LogP contribution < -0.4 is 10.6 Å². The monoisotopic (exact) mass is 564 g/mol. The molecule has 1 aliphatic carbocycles. The van der Waals surface area contributed by atoms with Crippen LogP contribution in [0.25, 0.3) is 22.7 Å². The molecule has 6 rings (SSSR count). The lowest BCUT2D eigenvalue weighted by Crippen LogP contribution is -2.49. The highest BCUT2D eigenvalue weighted by Gasteiger charge is 2.34. The molecular formula is C27H25ClN6O6. The molecule has 2 fully saturated rings. The molecule has 12 nitrogen and oxygen atoms in total. The Kier molecular flexibility index (Phi) is 7.18. The molecule has 0 unspecified atom stereocenters. The molecule has 13 heteroatoms. The molecule has 40 heavy (non-hydrogen) atoms. The average molecular weight is 565 g/mol. The number of pyridine rings is 2. The van der Waals surface area contributed by atoms with Crippen molar-refractivity contribution in [2.45, 2.75) is 31.7 Å². The van der Waals surface area contributed by atoms with Crippen LogP contribution in [0.1, 0.15) is 36.2 Å². The molecule has 3 amide bonds. The average Bonchev–Trinajstić information content (AvgIpc) is 3.63. The fourth-order valence-electron chi connectivity index (χ4n) is 5.14. The first kappa shape index (κ1) is 26.0. The predicted octanol–water partition coefficient (Wildman–Crippen LogP) is 4.14. The van der Waals surface area contributed by atoms with E-state index in [1.807, 2.05) is 4.90 Å². The number of fused-ring (bicyclic) bond motifs is 1. The molecule has 0 bridgehead atoms. The van der Waals surface area contributed by atoms with E-state index in [4.69, 9.17) is 25.2 Å². The first-order valence-electron chi connectivity index (χ1n) is 12.9. The number of carbonyl (C=O) groups excluding carboxylic acids is 3. The molecule has 4 aromatic rings. The van der Waals surface area contributed by atoms with Crippen LogP contribution in [0.2, 0.25) is 5.02 Å². The highest BCUT2D eigenvalue weighted by molar-refractivity contribution is 6.30. The summed E-state index contributed by atoms with van der Waals surface area (Å²) >= 11 is 5.91. The van der Waals surface area contributed by atoms with E-state index >= 15 is 0 Å². The minimum atomic E-state index is -0.615. The van der Waals surface area contributed by atoms with Crippen molar-refractivity contribution >= 4 is 51.9 Å². The van der Waals surface area contributed by atoms with E-state index in [1.54, 1.807) is 24.3 Å². The number of halogens is 1. The van der Waals surface area contributed by atoms with Crippen molar-refractivity contribution in [3.63, 3.8) is 0 Å². The fraction of sp³-hybridized carbons (Fsp3) is 0.333. The second kappa shape index (κ2) is 11.1. The number of oxazole rings is 1. The Morgan fingerprint density at radius 1 is 1.05 bits per heavy atom. The third kappa shape index (κ3) is 5.27. The second-order valence-electron chi connectivity index (χ2n) is 9.64. The summed E-state index contributed by atoms with van der Waals surface area (Å²) in [6, 6.07) is 6.53. The van der Waals surface area contributed by atoms with Crippen LogP contribution in [0.15, 0.2) is 51.8 Å². The maximum atomic E-state index is 13.5. The zero-order valence-corrected chi connectivity index (χ0v) is 22.0. The zero-order chi connectivity index (χ0) is 27.6. The third-order valence-corrected chi connectivity index (χ3v) is 7.36. The molecule has 4 aromatic heterocycles. The number of hydrogen-bond acceptors (Lipinski definition) is 9. The summed E-state index contributed by atoms with van der Waals surface area (Å²) in [4.78, 5) is 53.7. The van der Waals surface area contributed by atoms with Crippen LogP contribution in [-0.2, 0) is 14.3 Å². The number of anilines is 2. The summed E-state index contributed by atoms with van der Waals surface area (Å²) < 4.78 is 16.5. The Labute approximate surface area is 233 Å². The minimum Gasteiger partial charge on any atom is -0.447 e. The van der Waals surface area contributed by atoms with Gasteiger partial charge in [-0.25, -0.2) is 15.0 Å². The largest absolute Gasteiger partial charge is 0.447 e. The number of rotatable bonds is 6. The highest BCUT2D eigenvalue weighted by atomic mass is 35.5. The van der Waals surface area contributed by atoms with Crippen LogP contribution >= 0.6 is 11.6 Å². The van der Waals surface area contributed by atoms with E-state index in [1.165, 1.54) is 18.7 Å². The maximum Gasteiger partial charge on any atom is 0.294 e. The van der Waals surface area contributed by atoms with Gasteiger partial charge in [-0.15, -0.1) is 0 Å². The van der Waals surface area contributed by atoms with E-state index in [-0.39, 0.29) is 59.1 Å². The van der Waals surface area contributed by atoms with Crippen molar-refractivity contribution in [3.05, 3.63) is 53.7 Å². The Morgan fingerprint density at radius 3 is 2.62 bits per heavy atom. The van der Waals surface area contributed by atoms with Gasteiger partial charge in [-0.3, -0.25) is 14.4 Å². The van der Waals surface area contributed by atoms with Gasteiger partial charge in [-0.05, 0) is 49.9 Å². The predicted molar refractivity (Wildman–Crippen MR) is 144 cm³/mol. The summed E-state index contributed by atoms with van der Waals surface area (Å²) in [6.07, 6.45) is 6.94. The van der Waals surface area contributed by atoms with Crippen molar-refractivity contribution in [3.8, 4) is 11.6 Å². The summed E-state index contributed by atoms with van der Waals surface area (Å²) in [5.41, 5.74) is 1.14. The van der Waals surface area contributed by atoms with E-state index in [0.29, 0.717) is 55.1 Å². The van der Waals surface area contributed by atoms with Gasteiger partial charge in [-0.2, -0.15) is 0 Å². The first-order chi connectivity index (χ1) is 19.5. The smallest absolute Gasteiger partial charge is 0.294 e. The van der Waals surface area contributed by atoms with Crippen LogP contribution in [0.4, 0.5) is 11.5 Å². The number of nitrogens with zero attached hydrogens (tertiary/aromatic N) is 4. The van der Waals surface area contributed by atoms with Gasteiger partial charge < -0.3 is 29.1 Å². The summed E-state index contributed by atoms with van der Waals surface area (Å²) in [7, 11) is 0. The van der Waals surface area contributed by atoms with Gasteiger partial charge in [-0.1, -0.05) is 11.6 Å². The molecule has 5 heterocycles. The normalized spacial score (nSPS) is 19.5. The molecule has 0 radical (unpaired) electrons. The van der Waals surface area contributed by atoms with Gasteiger partial charge in [0, 0.05) is 24.7 Å². The van der Waals surface area contributed by atoms with E-state index in [9.17, 15) is 14.4 Å². The highest BCUT2D eigenvalue weighted by Crippen LogP contribution is 2.34. The lowest BCUT2D eigenvalue weighted by atomic mass is 9.84. The van der Waals surface area contributed by atoms with E-state index in [2.05, 4.69) is 25.6 Å². The fourth-order valence-corrected chi connectivity index (χ4v) is 5.25. The van der Waals surface area contributed by atoms with Crippen LogP contribution in [-0.4, -0.2) is 63.4 Å². The van der Waals surface area contributed by atoms with Crippen molar-refractivity contribution in [1.82, 2.24) is 19.9 Å². The molecule has 1 saturated heterocycles. The number of nitrogens with one attached hydrogen (secondary N) is 2. The number of hydrogen-bond donors (Lipinski definition) is 2. The van der Waals surface area contributed by atoms with Gasteiger partial charge in [0.2, 0.25) is 23.5 Å². The molecule has 1 saturated carbocycles. The van der Waals surface area contributed by atoms with Gasteiger partial charge >= 0.3 is 0 Å².